The lowest BCUT2D eigenvalue weighted by Gasteiger charge is -2.40. The quantitative estimate of drug-likeness (QED) is 0.898. The summed E-state index contributed by atoms with van der Waals surface area (Å²) in [6.07, 6.45) is 1.13. The Hall–Kier alpha value is -0.860. The smallest absolute Gasteiger partial charge is 0.0244 e. The predicted octanol–water partition coefficient (Wildman–Crippen LogP) is 3.07. The van der Waals surface area contributed by atoms with Gasteiger partial charge < -0.3 is 5.32 Å². The Morgan fingerprint density at radius 3 is 2.53 bits per heavy atom. The van der Waals surface area contributed by atoms with E-state index in [9.17, 15) is 0 Å². The van der Waals surface area contributed by atoms with Gasteiger partial charge in [0.15, 0.2) is 0 Å². The van der Waals surface area contributed by atoms with Crippen LogP contribution in [-0.2, 0) is 13.0 Å². The fourth-order valence-corrected chi connectivity index (χ4v) is 2.83. The van der Waals surface area contributed by atoms with Gasteiger partial charge in [0.2, 0.25) is 0 Å². The summed E-state index contributed by atoms with van der Waals surface area (Å²) in [5.41, 5.74) is 3.33. The third-order valence-electron chi connectivity index (χ3n) is 4.20. The number of hydrogen-bond acceptors (Lipinski definition) is 2. The van der Waals surface area contributed by atoms with Gasteiger partial charge in [-0.1, -0.05) is 52.0 Å². The van der Waals surface area contributed by atoms with Crippen LogP contribution in [0.3, 0.4) is 0 Å². The lowest BCUT2D eigenvalue weighted by Crippen LogP contribution is -2.55. The van der Waals surface area contributed by atoms with Crippen LogP contribution in [0.2, 0.25) is 0 Å². The van der Waals surface area contributed by atoms with Crippen molar-refractivity contribution in [3.8, 4) is 0 Å². The summed E-state index contributed by atoms with van der Waals surface area (Å²) in [6, 6.07) is 9.46. The van der Waals surface area contributed by atoms with Crippen LogP contribution in [0.25, 0.3) is 0 Å². The third-order valence-corrected chi connectivity index (χ3v) is 4.20. The molecule has 19 heavy (non-hydrogen) atoms. The van der Waals surface area contributed by atoms with Crippen molar-refractivity contribution in [2.45, 2.75) is 46.7 Å². The van der Waals surface area contributed by atoms with E-state index in [0.717, 1.165) is 32.6 Å². The molecule has 1 aliphatic heterocycles. The summed E-state index contributed by atoms with van der Waals surface area (Å²) < 4.78 is 0. The maximum atomic E-state index is 3.66. The van der Waals surface area contributed by atoms with Crippen LogP contribution in [0.5, 0.6) is 0 Å². The van der Waals surface area contributed by atoms with Crippen LogP contribution in [0.15, 0.2) is 24.3 Å². The summed E-state index contributed by atoms with van der Waals surface area (Å²) >= 11 is 0. The fourth-order valence-electron chi connectivity index (χ4n) is 2.83. The Labute approximate surface area is 118 Å². The average molecular weight is 260 g/mol. The van der Waals surface area contributed by atoms with E-state index in [1.807, 2.05) is 0 Å². The van der Waals surface area contributed by atoms with Crippen molar-refractivity contribution in [3.63, 3.8) is 0 Å². The molecular formula is C17H28N2. The molecule has 1 atom stereocenters. The maximum absolute atomic E-state index is 3.66. The summed E-state index contributed by atoms with van der Waals surface area (Å²) in [6.45, 7) is 13.7. The summed E-state index contributed by atoms with van der Waals surface area (Å²) in [5.74, 6) is 0. The number of nitrogens with one attached hydrogen (secondary N) is 1. The van der Waals surface area contributed by atoms with Crippen molar-refractivity contribution in [1.82, 2.24) is 10.2 Å². The zero-order valence-electron chi connectivity index (χ0n) is 12.9. The molecule has 1 heterocycles. The van der Waals surface area contributed by atoms with Crippen LogP contribution >= 0.6 is 0 Å². The molecule has 0 spiro atoms. The number of rotatable bonds is 3. The van der Waals surface area contributed by atoms with E-state index >= 15 is 0 Å². The summed E-state index contributed by atoms with van der Waals surface area (Å²) in [5, 5.41) is 3.66. The molecule has 0 amide bonds. The molecule has 2 rings (SSSR count). The molecule has 0 aliphatic carbocycles. The van der Waals surface area contributed by atoms with Gasteiger partial charge in [0.05, 0.1) is 0 Å². The Morgan fingerprint density at radius 1 is 1.21 bits per heavy atom. The van der Waals surface area contributed by atoms with Gasteiger partial charge in [-0.25, -0.2) is 0 Å². The molecule has 106 valence electrons. The zero-order chi connectivity index (χ0) is 13.9. The first kappa shape index (κ1) is 14.5. The lowest BCUT2D eigenvalue weighted by atomic mass is 9.85. The third kappa shape index (κ3) is 3.80. The van der Waals surface area contributed by atoms with Crippen molar-refractivity contribution >= 4 is 0 Å². The first-order valence-corrected chi connectivity index (χ1v) is 7.53. The van der Waals surface area contributed by atoms with E-state index < -0.39 is 0 Å². The first-order chi connectivity index (χ1) is 9.00. The SMILES string of the molecule is CCc1ccccc1CN1CCNC(C(C)(C)C)C1. The minimum Gasteiger partial charge on any atom is -0.311 e. The van der Waals surface area contributed by atoms with Crippen LogP contribution < -0.4 is 5.32 Å². The van der Waals surface area contributed by atoms with Crippen molar-refractivity contribution in [2.75, 3.05) is 19.6 Å². The second-order valence-electron chi connectivity index (χ2n) is 6.73. The maximum Gasteiger partial charge on any atom is 0.0244 e. The van der Waals surface area contributed by atoms with E-state index in [2.05, 4.69) is 62.2 Å². The number of benzene rings is 1. The minimum atomic E-state index is 0.336. The minimum absolute atomic E-state index is 0.336. The van der Waals surface area contributed by atoms with E-state index in [1.165, 1.54) is 11.1 Å². The van der Waals surface area contributed by atoms with E-state index in [4.69, 9.17) is 0 Å². The van der Waals surface area contributed by atoms with Gasteiger partial charge in [-0.05, 0) is 23.0 Å². The average Bonchev–Trinajstić information content (AvgIpc) is 2.39. The molecule has 1 aliphatic rings. The van der Waals surface area contributed by atoms with Gasteiger partial charge in [0.25, 0.3) is 0 Å². The second-order valence-corrected chi connectivity index (χ2v) is 6.73. The topological polar surface area (TPSA) is 15.3 Å². The van der Waals surface area contributed by atoms with Crippen LogP contribution in [0.1, 0.15) is 38.8 Å². The predicted molar refractivity (Wildman–Crippen MR) is 82.3 cm³/mol. The van der Waals surface area contributed by atoms with Crippen LogP contribution in [-0.4, -0.2) is 30.6 Å². The Bertz CT molecular complexity index is 406. The Kier molecular flexibility index (Phi) is 4.64. The van der Waals surface area contributed by atoms with Crippen molar-refractivity contribution in [1.29, 1.82) is 0 Å². The number of aryl methyl sites for hydroxylation is 1. The molecule has 0 saturated carbocycles. The standard InChI is InChI=1S/C17H28N2/c1-5-14-8-6-7-9-15(14)12-19-11-10-18-16(13-19)17(2,3)4/h6-9,16,18H,5,10-13H2,1-4H3. The molecule has 0 aromatic heterocycles. The molecule has 1 aromatic rings. The lowest BCUT2D eigenvalue weighted by molar-refractivity contribution is 0.129. The molecule has 1 fully saturated rings. The Morgan fingerprint density at radius 2 is 1.89 bits per heavy atom. The van der Waals surface area contributed by atoms with Gasteiger partial charge in [-0.2, -0.15) is 0 Å². The molecule has 2 heteroatoms. The normalized spacial score (nSPS) is 21.6. The Balaban J connectivity index is 2.03. The highest BCUT2D eigenvalue weighted by Gasteiger charge is 2.29. The highest BCUT2D eigenvalue weighted by Crippen LogP contribution is 2.23. The molecule has 1 unspecified atom stereocenters. The first-order valence-electron chi connectivity index (χ1n) is 7.53. The molecule has 1 N–H and O–H groups in total. The summed E-state index contributed by atoms with van der Waals surface area (Å²) in [7, 11) is 0. The molecule has 1 aromatic carbocycles. The van der Waals surface area contributed by atoms with Gasteiger partial charge in [-0.15, -0.1) is 0 Å². The molecule has 0 bridgehead atoms. The zero-order valence-corrected chi connectivity index (χ0v) is 12.9. The van der Waals surface area contributed by atoms with Gasteiger partial charge in [-0.3, -0.25) is 4.90 Å². The molecule has 1 saturated heterocycles. The fraction of sp³-hybridized carbons (Fsp3) is 0.647. The highest BCUT2D eigenvalue weighted by atomic mass is 15.2. The van der Waals surface area contributed by atoms with E-state index in [1.54, 1.807) is 0 Å². The van der Waals surface area contributed by atoms with Gasteiger partial charge >= 0.3 is 0 Å². The van der Waals surface area contributed by atoms with E-state index in [0.29, 0.717) is 11.5 Å². The van der Waals surface area contributed by atoms with Crippen LogP contribution in [0, 0.1) is 5.41 Å². The van der Waals surface area contributed by atoms with Crippen molar-refractivity contribution in [3.05, 3.63) is 35.4 Å². The van der Waals surface area contributed by atoms with Crippen molar-refractivity contribution < 1.29 is 0 Å². The highest BCUT2D eigenvalue weighted by molar-refractivity contribution is 5.27. The number of hydrogen-bond donors (Lipinski definition) is 1. The summed E-state index contributed by atoms with van der Waals surface area (Å²) in [4.78, 5) is 2.60. The van der Waals surface area contributed by atoms with Gasteiger partial charge in [0, 0.05) is 32.2 Å². The largest absolute Gasteiger partial charge is 0.311 e. The number of nitrogens with zero attached hydrogens (tertiary/aromatic N) is 1. The molecular weight excluding hydrogens is 232 g/mol. The second kappa shape index (κ2) is 6.06. The van der Waals surface area contributed by atoms with E-state index in [-0.39, 0.29) is 0 Å². The van der Waals surface area contributed by atoms with Gasteiger partial charge in [0.1, 0.15) is 0 Å². The monoisotopic (exact) mass is 260 g/mol. The molecule has 2 nitrogen and oxygen atoms in total. The van der Waals surface area contributed by atoms with Crippen molar-refractivity contribution in [2.24, 2.45) is 5.41 Å². The van der Waals surface area contributed by atoms with Crippen LogP contribution in [0.4, 0.5) is 0 Å². The number of piperazine rings is 1. The molecule has 0 radical (unpaired) electrons.